The Labute approximate surface area is 136 Å². The number of aryl methyl sites for hydroxylation is 1. The number of nitro groups is 1. The van der Waals surface area contributed by atoms with Crippen molar-refractivity contribution in [1.29, 1.82) is 0 Å². The van der Waals surface area contributed by atoms with E-state index in [-0.39, 0.29) is 16.8 Å². The zero-order valence-electron chi connectivity index (χ0n) is 12.7. The van der Waals surface area contributed by atoms with E-state index in [2.05, 4.69) is 4.99 Å². The Balaban J connectivity index is 2.27. The van der Waals surface area contributed by atoms with E-state index >= 15 is 0 Å². The third-order valence-corrected chi connectivity index (χ3v) is 3.44. The number of carbonyl (C=O) groups excluding carboxylic acids is 1. The van der Waals surface area contributed by atoms with Gasteiger partial charge in [-0.2, -0.15) is 0 Å². The van der Waals surface area contributed by atoms with E-state index in [0.717, 1.165) is 5.56 Å². The van der Waals surface area contributed by atoms with Crippen molar-refractivity contribution in [1.82, 2.24) is 0 Å². The Bertz CT molecular complexity index is 1040. The van der Waals surface area contributed by atoms with Gasteiger partial charge >= 0.3 is 0 Å². The molecule has 7 nitrogen and oxygen atoms in total. The van der Waals surface area contributed by atoms with E-state index in [1.807, 2.05) is 25.1 Å². The summed E-state index contributed by atoms with van der Waals surface area (Å²) in [4.78, 5) is 26.4. The molecule has 0 radical (unpaired) electrons. The van der Waals surface area contributed by atoms with E-state index in [4.69, 9.17) is 10.2 Å². The molecule has 0 atom stereocenters. The largest absolute Gasteiger partial charge is 0.438 e. The molecule has 0 aliphatic heterocycles. The third-order valence-electron chi connectivity index (χ3n) is 3.44. The van der Waals surface area contributed by atoms with Crippen LogP contribution in [0.2, 0.25) is 0 Å². The summed E-state index contributed by atoms with van der Waals surface area (Å²) in [5, 5.41) is 11.3. The standard InChI is InChI=1S/C17H13N3O4/c1-10-3-2-4-12(7-10)19-17-14(16(18)21)9-11-8-13(20(22)23)5-6-15(11)24-17/h2-9H,1H3,(H2,18,21). The molecule has 3 rings (SSSR count). The highest BCUT2D eigenvalue weighted by atomic mass is 16.6. The van der Waals surface area contributed by atoms with Gasteiger partial charge in [-0.25, -0.2) is 4.99 Å². The highest BCUT2D eigenvalue weighted by molar-refractivity contribution is 5.95. The Hall–Kier alpha value is -3.48. The smallest absolute Gasteiger partial charge is 0.270 e. The Kier molecular flexibility index (Phi) is 3.83. The van der Waals surface area contributed by atoms with Crippen LogP contribution in [-0.4, -0.2) is 10.8 Å². The van der Waals surface area contributed by atoms with Crippen molar-refractivity contribution in [2.24, 2.45) is 10.7 Å². The van der Waals surface area contributed by atoms with E-state index in [1.54, 1.807) is 6.07 Å². The minimum absolute atomic E-state index is 0.0597. The van der Waals surface area contributed by atoms with Crippen LogP contribution in [0.5, 0.6) is 0 Å². The number of hydrogen-bond donors (Lipinski definition) is 1. The molecule has 2 N–H and O–H groups in total. The average molecular weight is 323 g/mol. The lowest BCUT2D eigenvalue weighted by atomic mass is 10.1. The number of carbonyl (C=O) groups is 1. The van der Waals surface area contributed by atoms with Crippen LogP contribution >= 0.6 is 0 Å². The highest BCUT2D eigenvalue weighted by Gasteiger charge is 2.12. The van der Waals surface area contributed by atoms with Crippen molar-refractivity contribution in [2.45, 2.75) is 6.92 Å². The first kappa shape index (κ1) is 15.4. The van der Waals surface area contributed by atoms with Gasteiger partial charge in [-0.1, -0.05) is 12.1 Å². The van der Waals surface area contributed by atoms with Gasteiger partial charge in [0.15, 0.2) is 0 Å². The van der Waals surface area contributed by atoms with Gasteiger partial charge in [0.2, 0.25) is 5.55 Å². The lowest BCUT2D eigenvalue weighted by Gasteiger charge is -2.02. The summed E-state index contributed by atoms with van der Waals surface area (Å²) in [6.07, 6.45) is 0. The molecule has 0 saturated heterocycles. The minimum atomic E-state index is -0.724. The SMILES string of the molecule is Cc1cccc(N=c2oc3ccc([N+](=O)[O-])cc3cc2C(N)=O)c1. The fourth-order valence-corrected chi connectivity index (χ4v) is 2.31. The first-order valence-electron chi connectivity index (χ1n) is 7.07. The summed E-state index contributed by atoms with van der Waals surface area (Å²) < 4.78 is 5.64. The Morgan fingerprint density at radius 2 is 2.00 bits per heavy atom. The number of rotatable bonds is 3. The molecule has 120 valence electrons. The minimum Gasteiger partial charge on any atom is -0.438 e. The van der Waals surface area contributed by atoms with Crippen molar-refractivity contribution in [3.8, 4) is 0 Å². The van der Waals surface area contributed by atoms with E-state index < -0.39 is 10.8 Å². The molecule has 0 spiro atoms. The number of amides is 1. The van der Waals surface area contributed by atoms with Crippen molar-refractivity contribution >= 4 is 28.3 Å². The number of fused-ring (bicyclic) bond motifs is 1. The van der Waals surface area contributed by atoms with Crippen LogP contribution in [0.3, 0.4) is 0 Å². The molecule has 24 heavy (non-hydrogen) atoms. The van der Waals surface area contributed by atoms with E-state index in [1.165, 1.54) is 24.3 Å². The van der Waals surface area contributed by atoms with Crippen LogP contribution in [0.4, 0.5) is 11.4 Å². The van der Waals surface area contributed by atoms with Gasteiger partial charge in [0.1, 0.15) is 11.1 Å². The topological polar surface area (TPSA) is 112 Å². The third kappa shape index (κ3) is 3.00. The molecule has 1 aromatic heterocycles. The molecule has 7 heteroatoms. The van der Waals surface area contributed by atoms with Crippen molar-refractivity contribution in [2.75, 3.05) is 0 Å². The number of benzene rings is 2. The fourth-order valence-electron chi connectivity index (χ4n) is 2.31. The molecular formula is C17H13N3O4. The fraction of sp³-hybridized carbons (Fsp3) is 0.0588. The van der Waals surface area contributed by atoms with Crippen molar-refractivity contribution in [3.05, 3.63) is 75.3 Å². The number of nitro benzene ring substituents is 1. The summed E-state index contributed by atoms with van der Waals surface area (Å²) in [6.45, 7) is 1.92. The second kappa shape index (κ2) is 5.96. The van der Waals surface area contributed by atoms with Crippen molar-refractivity contribution in [3.63, 3.8) is 0 Å². The number of primary amides is 1. The lowest BCUT2D eigenvalue weighted by molar-refractivity contribution is -0.384. The van der Waals surface area contributed by atoms with E-state index in [9.17, 15) is 14.9 Å². The van der Waals surface area contributed by atoms with Crippen LogP contribution in [0, 0.1) is 17.0 Å². The lowest BCUT2D eigenvalue weighted by Crippen LogP contribution is -2.21. The second-order valence-electron chi connectivity index (χ2n) is 5.26. The normalized spacial score (nSPS) is 11.6. The molecule has 0 aliphatic rings. The second-order valence-corrected chi connectivity index (χ2v) is 5.26. The maximum atomic E-state index is 11.7. The van der Waals surface area contributed by atoms with Gasteiger partial charge in [-0.05, 0) is 36.8 Å². The molecule has 1 amide bonds. The Morgan fingerprint density at radius 3 is 2.67 bits per heavy atom. The van der Waals surface area contributed by atoms with Gasteiger partial charge < -0.3 is 10.2 Å². The molecule has 1 heterocycles. The first-order chi connectivity index (χ1) is 11.4. The summed E-state index contributed by atoms with van der Waals surface area (Å²) in [6, 6.07) is 12.9. The molecule has 0 bridgehead atoms. The van der Waals surface area contributed by atoms with Gasteiger partial charge in [-0.15, -0.1) is 0 Å². The van der Waals surface area contributed by atoms with E-state index in [0.29, 0.717) is 16.7 Å². The van der Waals surface area contributed by atoms with Crippen LogP contribution < -0.4 is 11.3 Å². The zero-order valence-corrected chi connectivity index (χ0v) is 12.7. The van der Waals surface area contributed by atoms with Crippen LogP contribution in [0.1, 0.15) is 15.9 Å². The number of hydrogen-bond acceptors (Lipinski definition) is 5. The number of nitrogens with zero attached hydrogens (tertiary/aromatic N) is 2. The predicted molar refractivity (Wildman–Crippen MR) is 87.8 cm³/mol. The summed E-state index contributed by atoms with van der Waals surface area (Å²) in [5.74, 6) is -0.724. The summed E-state index contributed by atoms with van der Waals surface area (Å²) in [5.41, 5.74) is 7.41. The molecule has 0 aliphatic carbocycles. The van der Waals surface area contributed by atoms with Crippen molar-refractivity contribution < 1.29 is 14.1 Å². The predicted octanol–water partition coefficient (Wildman–Crippen LogP) is 2.98. The van der Waals surface area contributed by atoms with Crippen LogP contribution in [-0.2, 0) is 0 Å². The number of nitrogens with two attached hydrogens (primary N) is 1. The molecule has 0 fully saturated rings. The quantitative estimate of drug-likeness (QED) is 0.589. The maximum absolute atomic E-state index is 11.7. The van der Waals surface area contributed by atoms with Crippen LogP contribution in [0.25, 0.3) is 11.0 Å². The average Bonchev–Trinajstić information content (AvgIpc) is 2.53. The maximum Gasteiger partial charge on any atom is 0.270 e. The molecule has 3 aromatic rings. The van der Waals surface area contributed by atoms with Crippen LogP contribution in [0.15, 0.2) is 57.9 Å². The Morgan fingerprint density at radius 1 is 1.21 bits per heavy atom. The van der Waals surface area contributed by atoms with Gasteiger partial charge in [0.05, 0.1) is 10.6 Å². The van der Waals surface area contributed by atoms with Gasteiger partial charge in [-0.3, -0.25) is 14.9 Å². The zero-order chi connectivity index (χ0) is 17.3. The summed E-state index contributed by atoms with van der Waals surface area (Å²) in [7, 11) is 0. The van der Waals surface area contributed by atoms with Gasteiger partial charge in [0, 0.05) is 17.5 Å². The summed E-state index contributed by atoms with van der Waals surface area (Å²) >= 11 is 0. The van der Waals surface area contributed by atoms with Gasteiger partial charge in [0.25, 0.3) is 11.6 Å². The molecule has 0 unspecified atom stereocenters. The molecule has 0 saturated carbocycles. The highest BCUT2D eigenvalue weighted by Crippen LogP contribution is 2.21. The first-order valence-corrected chi connectivity index (χ1v) is 7.07. The molecular weight excluding hydrogens is 310 g/mol. The molecule has 2 aromatic carbocycles. The monoisotopic (exact) mass is 323 g/mol. The number of non-ortho nitro benzene ring substituents is 1.